The van der Waals surface area contributed by atoms with Crippen LogP contribution in [-0.2, 0) is 12.4 Å². The van der Waals surface area contributed by atoms with Gasteiger partial charge in [-0.15, -0.1) is 11.6 Å². The molecule has 0 heterocycles. The third kappa shape index (κ3) is 3.75. The van der Waals surface area contributed by atoms with Gasteiger partial charge in [0.25, 0.3) is 5.91 Å². The molecule has 2 rings (SSSR count). The number of benzene rings is 2. The Bertz CT molecular complexity index is 581. The van der Waals surface area contributed by atoms with Crippen molar-refractivity contribution in [2.45, 2.75) is 12.4 Å². The summed E-state index contributed by atoms with van der Waals surface area (Å²) in [6, 6.07) is 14.9. The van der Waals surface area contributed by atoms with Crippen LogP contribution in [0, 0.1) is 0 Å². The predicted molar refractivity (Wildman–Crippen MR) is 80.2 cm³/mol. The third-order valence-corrected chi connectivity index (χ3v) is 3.27. The fourth-order valence-corrected chi connectivity index (χ4v) is 1.97. The van der Waals surface area contributed by atoms with Crippen LogP contribution in [0.5, 0.6) is 5.75 Å². The molecule has 4 heteroatoms. The monoisotopic (exact) mass is 289 g/mol. The van der Waals surface area contributed by atoms with Crippen LogP contribution in [-0.4, -0.2) is 13.0 Å². The summed E-state index contributed by atoms with van der Waals surface area (Å²) in [7, 11) is 1.58. The molecule has 0 aliphatic heterocycles. The Morgan fingerprint density at radius 3 is 2.50 bits per heavy atom. The standard InChI is InChI=1S/C16H16ClNO2/c1-20-15-4-2-3-14(9-15)16(19)18-11-13-7-5-12(10-17)6-8-13/h2-9H,10-11H2,1H3,(H,18,19). The van der Waals surface area contributed by atoms with E-state index in [2.05, 4.69) is 5.32 Å². The van der Waals surface area contributed by atoms with Crippen molar-refractivity contribution < 1.29 is 9.53 Å². The summed E-state index contributed by atoms with van der Waals surface area (Å²) in [4.78, 5) is 12.0. The normalized spacial score (nSPS) is 10.1. The molecule has 3 nitrogen and oxygen atoms in total. The lowest BCUT2D eigenvalue weighted by atomic mass is 10.1. The number of ether oxygens (including phenoxy) is 1. The summed E-state index contributed by atoms with van der Waals surface area (Å²) < 4.78 is 5.10. The Morgan fingerprint density at radius 2 is 1.85 bits per heavy atom. The van der Waals surface area contributed by atoms with Gasteiger partial charge >= 0.3 is 0 Å². The summed E-state index contributed by atoms with van der Waals surface area (Å²) in [5, 5.41) is 2.88. The first-order chi connectivity index (χ1) is 9.72. The van der Waals surface area contributed by atoms with Crippen molar-refractivity contribution in [1.82, 2.24) is 5.32 Å². The maximum Gasteiger partial charge on any atom is 0.251 e. The van der Waals surface area contributed by atoms with Crippen molar-refractivity contribution in [1.29, 1.82) is 0 Å². The maximum absolute atomic E-state index is 12.0. The molecule has 0 radical (unpaired) electrons. The van der Waals surface area contributed by atoms with E-state index in [4.69, 9.17) is 16.3 Å². The Balaban J connectivity index is 1.97. The Morgan fingerprint density at radius 1 is 1.15 bits per heavy atom. The molecule has 0 aliphatic rings. The predicted octanol–water partition coefficient (Wildman–Crippen LogP) is 3.36. The van der Waals surface area contributed by atoms with Gasteiger partial charge in [0.2, 0.25) is 0 Å². The molecule has 0 unspecified atom stereocenters. The fourth-order valence-electron chi connectivity index (χ4n) is 1.79. The molecular weight excluding hydrogens is 274 g/mol. The van der Waals surface area contributed by atoms with Gasteiger partial charge in [0.15, 0.2) is 0 Å². The molecule has 0 saturated carbocycles. The van der Waals surface area contributed by atoms with Crippen LogP contribution in [0.1, 0.15) is 21.5 Å². The van der Waals surface area contributed by atoms with Gasteiger partial charge in [-0.25, -0.2) is 0 Å². The van der Waals surface area contributed by atoms with Crippen molar-refractivity contribution in [3.8, 4) is 5.75 Å². The van der Waals surface area contributed by atoms with E-state index in [1.165, 1.54) is 0 Å². The van der Waals surface area contributed by atoms with E-state index in [9.17, 15) is 4.79 Å². The summed E-state index contributed by atoms with van der Waals surface area (Å²) in [5.74, 6) is 1.05. The van der Waals surface area contributed by atoms with E-state index >= 15 is 0 Å². The fraction of sp³-hybridized carbons (Fsp3) is 0.188. The number of carbonyl (C=O) groups excluding carboxylic acids is 1. The average Bonchev–Trinajstić information content (AvgIpc) is 2.53. The van der Waals surface area contributed by atoms with Crippen LogP contribution in [0.2, 0.25) is 0 Å². The molecule has 1 amide bonds. The maximum atomic E-state index is 12.0. The second-order valence-electron chi connectivity index (χ2n) is 4.36. The summed E-state index contributed by atoms with van der Waals surface area (Å²) in [6.45, 7) is 0.485. The zero-order chi connectivity index (χ0) is 14.4. The van der Waals surface area contributed by atoms with Gasteiger partial charge in [0.1, 0.15) is 5.75 Å². The van der Waals surface area contributed by atoms with Crippen molar-refractivity contribution in [3.05, 3.63) is 65.2 Å². The van der Waals surface area contributed by atoms with Crippen molar-refractivity contribution in [3.63, 3.8) is 0 Å². The smallest absolute Gasteiger partial charge is 0.251 e. The number of carbonyl (C=O) groups is 1. The molecule has 0 saturated heterocycles. The molecule has 0 aliphatic carbocycles. The Labute approximate surface area is 123 Å². The minimum absolute atomic E-state index is 0.120. The summed E-state index contributed by atoms with van der Waals surface area (Å²) in [5.41, 5.74) is 2.69. The van der Waals surface area contributed by atoms with Crippen LogP contribution < -0.4 is 10.1 Å². The molecule has 2 aromatic carbocycles. The lowest BCUT2D eigenvalue weighted by Crippen LogP contribution is -2.22. The van der Waals surface area contributed by atoms with Gasteiger partial charge in [-0.2, -0.15) is 0 Å². The first-order valence-corrected chi connectivity index (χ1v) is 6.82. The SMILES string of the molecule is COc1cccc(C(=O)NCc2ccc(CCl)cc2)c1. The third-order valence-electron chi connectivity index (χ3n) is 2.96. The van der Waals surface area contributed by atoms with E-state index in [0.717, 1.165) is 11.1 Å². The molecule has 0 aromatic heterocycles. The quantitative estimate of drug-likeness (QED) is 0.857. The zero-order valence-corrected chi connectivity index (χ0v) is 12.0. The number of alkyl halides is 1. The average molecular weight is 290 g/mol. The topological polar surface area (TPSA) is 38.3 Å². The highest BCUT2D eigenvalue weighted by Gasteiger charge is 2.06. The first-order valence-electron chi connectivity index (χ1n) is 6.29. The number of nitrogens with one attached hydrogen (secondary N) is 1. The summed E-state index contributed by atoms with van der Waals surface area (Å²) in [6.07, 6.45) is 0. The Kier molecular flexibility index (Phi) is 5.02. The van der Waals surface area contributed by atoms with E-state index < -0.39 is 0 Å². The van der Waals surface area contributed by atoms with Gasteiger partial charge < -0.3 is 10.1 Å². The van der Waals surface area contributed by atoms with Gasteiger partial charge in [-0.05, 0) is 29.3 Å². The highest BCUT2D eigenvalue weighted by atomic mass is 35.5. The van der Waals surface area contributed by atoms with Crippen LogP contribution in [0.15, 0.2) is 48.5 Å². The van der Waals surface area contributed by atoms with Crippen LogP contribution >= 0.6 is 11.6 Å². The van der Waals surface area contributed by atoms with Gasteiger partial charge in [-0.1, -0.05) is 30.3 Å². The van der Waals surface area contributed by atoms with Crippen molar-refractivity contribution >= 4 is 17.5 Å². The minimum atomic E-state index is -0.120. The minimum Gasteiger partial charge on any atom is -0.497 e. The summed E-state index contributed by atoms with van der Waals surface area (Å²) >= 11 is 5.73. The van der Waals surface area contributed by atoms with Crippen molar-refractivity contribution in [2.24, 2.45) is 0 Å². The Hall–Kier alpha value is -2.00. The highest BCUT2D eigenvalue weighted by molar-refractivity contribution is 6.17. The van der Waals surface area contributed by atoms with Gasteiger partial charge in [0, 0.05) is 18.0 Å². The zero-order valence-electron chi connectivity index (χ0n) is 11.2. The number of methoxy groups -OCH3 is 1. The van der Waals surface area contributed by atoms with E-state index in [-0.39, 0.29) is 5.91 Å². The van der Waals surface area contributed by atoms with Gasteiger partial charge in [-0.3, -0.25) is 4.79 Å². The second-order valence-corrected chi connectivity index (χ2v) is 4.63. The number of hydrogen-bond acceptors (Lipinski definition) is 2. The second kappa shape index (κ2) is 6.96. The molecule has 20 heavy (non-hydrogen) atoms. The highest BCUT2D eigenvalue weighted by Crippen LogP contribution is 2.12. The number of halogens is 1. The molecule has 104 valence electrons. The molecule has 0 spiro atoms. The number of hydrogen-bond donors (Lipinski definition) is 1. The first kappa shape index (κ1) is 14.4. The largest absolute Gasteiger partial charge is 0.497 e. The van der Waals surface area contributed by atoms with Gasteiger partial charge in [0.05, 0.1) is 7.11 Å². The number of amides is 1. The van der Waals surface area contributed by atoms with Crippen LogP contribution in [0.4, 0.5) is 0 Å². The molecule has 0 fully saturated rings. The molecule has 0 bridgehead atoms. The van der Waals surface area contributed by atoms with E-state index in [1.807, 2.05) is 30.3 Å². The molecule has 0 atom stereocenters. The molecule has 2 aromatic rings. The lowest BCUT2D eigenvalue weighted by molar-refractivity contribution is 0.0950. The lowest BCUT2D eigenvalue weighted by Gasteiger charge is -2.07. The van der Waals surface area contributed by atoms with E-state index in [0.29, 0.717) is 23.7 Å². The van der Waals surface area contributed by atoms with Crippen LogP contribution in [0.3, 0.4) is 0 Å². The molecule has 1 N–H and O–H groups in total. The number of rotatable bonds is 5. The molecular formula is C16H16ClNO2. The van der Waals surface area contributed by atoms with Crippen molar-refractivity contribution in [2.75, 3.05) is 7.11 Å². The van der Waals surface area contributed by atoms with E-state index in [1.54, 1.807) is 25.3 Å². The van der Waals surface area contributed by atoms with Crippen LogP contribution in [0.25, 0.3) is 0 Å².